The highest BCUT2D eigenvalue weighted by molar-refractivity contribution is 8.00. The number of rotatable bonds is 11. The molecule has 4 aromatic carbocycles. The van der Waals surface area contributed by atoms with Gasteiger partial charge in [0, 0.05) is 39.2 Å². The van der Waals surface area contributed by atoms with E-state index in [0.717, 1.165) is 10.5 Å². The normalized spacial score (nSPS) is 11.0. The van der Waals surface area contributed by atoms with E-state index in [1.54, 1.807) is 78.2 Å². The molecule has 0 radical (unpaired) electrons. The van der Waals surface area contributed by atoms with Crippen molar-refractivity contribution in [2.45, 2.75) is 4.90 Å². The number of amides is 3. The van der Waals surface area contributed by atoms with Gasteiger partial charge in [-0.05, 0) is 48.0 Å². The van der Waals surface area contributed by atoms with Crippen LogP contribution in [0.5, 0.6) is 0 Å². The molecule has 45 heavy (non-hydrogen) atoms. The van der Waals surface area contributed by atoms with Crippen molar-refractivity contribution >= 4 is 63.4 Å². The highest BCUT2D eigenvalue weighted by atomic mass is 32.2. The van der Waals surface area contributed by atoms with Crippen molar-refractivity contribution in [3.8, 4) is 11.3 Å². The number of nitrogens with one attached hydrogen (secondary N) is 3. The molecule has 1 heterocycles. The number of carbonyl (C=O) groups excluding carboxylic acids is 3. The number of carbonyl (C=O) groups is 3. The molecule has 10 nitrogen and oxygen atoms in total. The summed E-state index contributed by atoms with van der Waals surface area (Å²) in [6.07, 6.45) is 1.61. The van der Waals surface area contributed by atoms with Gasteiger partial charge >= 0.3 is 0 Å². The van der Waals surface area contributed by atoms with Gasteiger partial charge in [0.15, 0.2) is 5.13 Å². The first-order valence-corrected chi connectivity index (χ1v) is 15.4. The smallest absolute Gasteiger partial charge is 0.272 e. The van der Waals surface area contributed by atoms with E-state index >= 15 is 0 Å². The highest BCUT2D eigenvalue weighted by Crippen LogP contribution is 2.28. The Bertz CT molecular complexity index is 1860. The lowest BCUT2D eigenvalue weighted by Gasteiger charge is -2.12. The van der Waals surface area contributed by atoms with Gasteiger partial charge in [0.1, 0.15) is 5.70 Å². The van der Waals surface area contributed by atoms with Crippen molar-refractivity contribution in [2.75, 3.05) is 16.4 Å². The minimum atomic E-state index is -0.490. The van der Waals surface area contributed by atoms with Crippen LogP contribution in [-0.2, 0) is 9.59 Å². The Hall–Kier alpha value is -5.59. The Balaban J connectivity index is 1.17. The van der Waals surface area contributed by atoms with Crippen molar-refractivity contribution in [3.05, 3.63) is 142 Å². The van der Waals surface area contributed by atoms with E-state index in [0.29, 0.717) is 27.6 Å². The molecule has 5 rings (SSSR count). The van der Waals surface area contributed by atoms with Crippen LogP contribution in [0, 0.1) is 10.1 Å². The molecule has 0 saturated carbocycles. The number of nitro groups is 1. The average molecular weight is 636 g/mol. The maximum atomic E-state index is 13.2. The summed E-state index contributed by atoms with van der Waals surface area (Å²) in [7, 11) is 0. The molecule has 224 valence electrons. The summed E-state index contributed by atoms with van der Waals surface area (Å²) in [5, 5.41) is 21.4. The van der Waals surface area contributed by atoms with E-state index in [4.69, 9.17) is 0 Å². The summed E-state index contributed by atoms with van der Waals surface area (Å²) in [5.41, 5.74) is 2.85. The maximum absolute atomic E-state index is 13.2. The molecule has 0 spiro atoms. The zero-order valence-corrected chi connectivity index (χ0v) is 25.1. The zero-order chi connectivity index (χ0) is 31.6. The third-order valence-corrected chi connectivity index (χ3v) is 7.99. The topological polar surface area (TPSA) is 143 Å². The van der Waals surface area contributed by atoms with E-state index in [1.807, 2.05) is 30.3 Å². The Morgan fingerprint density at radius 2 is 1.58 bits per heavy atom. The minimum absolute atomic E-state index is 0.0352. The van der Waals surface area contributed by atoms with Gasteiger partial charge in [-0.3, -0.25) is 24.5 Å². The Kier molecular flexibility index (Phi) is 10.1. The van der Waals surface area contributed by atoms with Crippen molar-refractivity contribution < 1.29 is 19.3 Å². The average Bonchev–Trinajstić information content (AvgIpc) is 3.53. The fourth-order valence-corrected chi connectivity index (χ4v) is 5.47. The molecule has 5 aromatic rings. The molecule has 0 aliphatic rings. The third-order valence-electron chi connectivity index (χ3n) is 6.22. The van der Waals surface area contributed by atoms with Crippen molar-refractivity contribution in [1.29, 1.82) is 0 Å². The summed E-state index contributed by atoms with van der Waals surface area (Å²) in [6, 6.07) is 31.0. The summed E-state index contributed by atoms with van der Waals surface area (Å²) in [5.74, 6) is -1.04. The van der Waals surface area contributed by atoms with Gasteiger partial charge in [0.25, 0.3) is 17.5 Å². The Morgan fingerprint density at radius 1 is 0.867 bits per heavy atom. The molecular weight excluding hydrogens is 611 g/mol. The lowest BCUT2D eigenvalue weighted by molar-refractivity contribution is -0.384. The first-order chi connectivity index (χ1) is 21.8. The third kappa shape index (κ3) is 8.72. The molecule has 3 amide bonds. The lowest BCUT2D eigenvalue weighted by atomic mass is 10.1. The fraction of sp³-hybridized carbons (Fsp3) is 0.0303. The Morgan fingerprint density at radius 3 is 2.29 bits per heavy atom. The minimum Gasteiger partial charge on any atom is -0.321 e. The number of thioether (sulfide) groups is 1. The summed E-state index contributed by atoms with van der Waals surface area (Å²) in [6.45, 7) is 0. The largest absolute Gasteiger partial charge is 0.321 e. The molecule has 0 bridgehead atoms. The van der Waals surface area contributed by atoms with E-state index in [1.165, 1.54) is 35.2 Å². The maximum Gasteiger partial charge on any atom is 0.272 e. The van der Waals surface area contributed by atoms with Crippen LogP contribution in [0.25, 0.3) is 17.3 Å². The van der Waals surface area contributed by atoms with Gasteiger partial charge in [-0.2, -0.15) is 0 Å². The molecular formula is C33H25N5O5S2. The quantitative estimate of drug-likeness (QED) is 0.0623. The second kappa shape index (κ2) is 14.7. The molecule has 0 fully saturated rings. The number of hydrogen-bond acceptors (Lipinski definition) is 8. The van der Waals surface area contributed by atoms with Crippen LogP contribution in [0.2, 0.25) is 0 Å². The second-order valence-corrected chi connectivity index (χ2v) is 11.4. The highest BCUT2D eigenvalue weighted by Gasteiger charge is 2.16. The van der Waals surface area contributed by atoms with Crippen LogP contribution >= 0.6 is 23.1 Å². The molecule has 0 unspecified atom stereocenters. The fourth-order valence-electron chi connectivity index (χ4n) is 4.04. The van der Waals surface area contributed by atoms with E-state index < -0.39 is 16.7 Å². The van der Waals surface area contributed by atoms with Gasteiger partial charge < -0.3 is 16.0 Å². The standard InChI is InChI=1S/C33H25N5O5S2/c39-30(37-33-36-29(20-45-33)24-12-7-13-26(19-24)38(42)43)21-44-27-16-14-25(15-17-27)34-32(41)28(18-22-8-3-1-4-9-22)35-31(40)23-10-5-2-6-11-23/h1-20H,21H2,(H,34,41)(H,35,40)(H,36,37,39)/b28-18-. The van der Waals surface area contributed by atoms with Gasteiger partial charge in [0.05, 0.1) is 16.4 Å². The number of non-ortho nitro benzene ring substituents is 1. The molecule has 12 heteroatoms. The van der Waals surface area contributed by atoms with Crippen LogP contribution in [-0.4, -0.2) is 33.4 Å². The summed E-state index contributed by atoms with van der Waals surface area (Å²) < 4.78 is 0. The number of benzene rings is 4. The van der Waals surface area contributed by atoms with Crippen molar-refractivity contribution in [3.63, 3.8) is 0 Å². The van der Waals surface area contributed by atoms with Crippen LogP contribution in [0.4, 0.5) is 16.5 Å². The predicted molar refractivity (Wildman–Crippen MR) is 177 cm³/mol. The summed E-state index contributed by atoms with van der Waals surface area (Å²) >= 11 is 2.53. The number of nitro benzene ring substituents is 1. The molecule has 0 atom stereocenters. The van der Waals surface area contributed by atoms with Crippen LogP contribution in [0.3, 0.4) is 0 Å². The van der Waals surface area contributed by atoms with Gasteiger partial charge in [-0.15, -0.1) is 23.1 Å². The molecule has 0 saturated heterocycles. The summed E-state index contributed by atoms with van der Waals surface area (Å²) in [4.78, 5) is 54.3. The predicted octanol–water partition coefficient (Wildman–Crippen LogP) is 6.86. The molecule has 0 aliphatic carbocycles. The molecule has 3 N–H and O–H groups in total. The van der Waals surface area contributed by atoms with Crippen molar-refractivity contribution in [2.24, 2.45) is 0 Å². The van der Waals surface area contributed by atoms with Crippen LogP contribution in [0.15, 0.2) is 125 Å². The second-order valence-electron chi connectivity index (χ2n) is 9.45. The van der Waals surface area contributed by atoms with E-state index in [9.17, 15) is 24.5 Å². The monoisotopic (exact) mass is 635 g/mol. The number of nitrogens with zero attached hydrogens (tertiary/aromatic N) is 2. The van der Waals surface area contributed by atoms with Crippen LogP contribution in [0.1, 0.15) is 15.9 Å². The first kappa shape index (κ1) is 30.9. The van der Waals surface area contributed by atoms with E-state index in [-0.39, 0.29) is 23.0 Å². The lowest BCUT2D eigenvalue weighted by Crippen LogP contribution is -2.30. The van der Waals surface area contributed by atoms with Crippen LogP contribution < -0.4 is 16.0 Å². The SMILES string of the molecule is O=C(CSc1ccc(NC(=O)/C(=C/c2ccccc2)NC(=O)c2ccccc2)cc1)Nc1nc(-c2cccc([N+](=O)[O-])c2)cs1. The molecule has 1 aromatic heterocycles. The molecule has 0 aliphatic heterocycles. The van der Waals surface area contributed by atoms with Gasteiger partial charge in [-0.1, -0.05) is 60.7 Å². The first-order valence-electron chi connectivity index (χ1n) is 13.5. The zero-order valence-electron chi connectivity index (χ0n) is 23.5. The Labute approximate surface area is 266 Å². The van der Waals surface area contributed by atoms with E-state index in [2.05, 4.69) is 20.9 Å². The number of thiazole rings is 1. The number of hydrogen-bond donors (Lipinski definition) is 3. The number of aromatic nitrogens is 1. The van der Waals surface area contributed by atoms with Gasteiger partial charge in [0.2, 0.25) is 5.91 Å². The van der Waals surface area contributed by atoms with Gasteiger partial charge in [-0.25, -0.2) is 4.98 Å². The van der Waals surface area contributed by atoms with Crippen molar-refractivity contribution in [1.82, 2.24) is 10.3 Å². The number of anilines is 2.